The van der Waals surface area contributed by atoms with Gasteiger partial charge in [0.15, 0.2) is 4.96 Å². The zero-order valence-electron chi connectivity index (χ0n) is 12.0. The van der Waals surface area contributed by atoms with Gasteiger partial charge >= 0.3 is 0 Å². The third-order valence-corrected chi connectivity index (χ3v) is 5.51. The summed E-state index contributed by atoms with van der Waals surface area (Å²) in [6, 6.07) is 0. The highest BCUT2D eigenvalue weighted by molar-refractivity contribution is 7.15. The lowest BCUT2D eigenvalue weighted by Crippen LogP contribution is -2.50. The molecular weight excluding hydrogens is 268 g/mol. The molecule has 108 valence electrons. The largest absolute Gasteiger partial charge is 0.310 e. The van der Waals surface area contributed by atoms with Gasteiger partial charge in [-0.25, -0.2) is 4.98 Å². The van der Waals surface area contributed by atoms with E-state index in [1.165, 1.54) is 31.5 Å². The maximum absolute atomic E-state index is 4.73. The molecule has 2 fully saturated rings. The predicted molar refractivity (Wildman–Crippen MR) is 82.1 cm³/mol. The van der Waals surface area contributed by atoms with E-state index in [2.05, 4.69) is 39.3 Å². The van der Waals surface area contributed by atoms with E-state index in [-0.39, 0.29) is 0 Å². The number of rotatable bonds is 3. The van der Waals surface area contributed by atoms with Crippen molar-refractivity contribution in [3.05, 3.63) is 23.5 Å². The molecule has 2 aromatic rings. The molecule has 20 heavy (non-hydrogen) atoms. The number of nitrogens with one attached hydrogen (secondary N) is 1. The molecule has 2 aromatic heterocycles. The van der Waals surface area contributed by atoms with Crippen molar-refractivity contribution in [2.75, 3.05) is 19.6 Å². The molecule has 4 nitrogen and oxygen atoms in total. The molecule has 0 amide bonds. The van der Waals surface area contributed by atoms with Crippen LogP contribution in [0.5, 0.6) is 0 Å². The third kappa shape index (κ3) is 2.38. The van der Waals surface area contributed by atoms with E-state index in [4.69, 9.17) is 4.98 Å². The van der Waals surface area contributed by atoms with Crippen LogP contribution in [0, 0.1) is 5.92 Å². The topological polar surface area (TPSA) is 32.6 Å². The van der Waals surface area contributed by atoms with E-state index >= 15 is 0 Å². The zero-order chi connectivity index (χ0) is 13.6. The standard InChI is InChI=1S/C15H22N4S/c1-15(12-3-4-12)11-18(6-2-5-16-15)9-13-10-19-7-8-20-14(19)17-13/h7-8,10,12,16H,2-6,9,11H2,1H3. The lowest BCUT2D eigenvalue weighted by molar-refractivity contribution is 0.193. The smallest absolute Gasteiger partial charge is 0.193 e. The lowest BCUT2D eigenvalue weighted by Gasteiger charge is -2.33. The van der Waals surface area contributed by atoms with E-state index in [9.17, 15) is 0 Å². The fourth-order valence-electron chi connectivity index (χ4n) is 3.49. The van der Waals surface area contributed by atoms with Crippen LogP contribution < -0.4 is 5.32 Å². The molecule has 0 spiro atoms. The lowest BCUT2D eigenvalue weighted by atomic mass is 9.95. The van der Waals surface area contributed by atoms with E-state index in [0.29, 0.717) is 5.54 Å². The van der Waals surface area contributed by atoms with Crippen molar-refractivity contribution in [2.24, 2.45) is 5.92 Å². The van der Waals surface area contributed by atoms with Gasteiger partial charge in [-0.1, -0.05) is 0 Å². The van der Waals surface area contributed by atoms with Gasteiger partial charge in [0.05, 0.1) is 5.69 Å². The number of thiazole rings is 1. The Hall–Kier alpha value is -0.910. The second-order valence-electron chi connectivity index (χ2n) is 6.51. The highest BCUT2D eigenvalue weighted by atomic mass is 32.1. The quantitative estimate of drug-likeness (QED) is 0.942. The van der Waals surface area contributed by atoms with Gasteiger partial charge in [-0.3, -0.25) is 9.30 Å². The summed E-state index contributed by atoms with van der Waals surface area (Å²) in [6.07, 6.45) is 8.31. The second kappa shape index (κ2) is 4.83. The fraction of sp³-hybridized carbons (Fsp3) is 0.667. The van der Waals surface area contributed by atoms with Crippen LogP contribution in [0.3, 0.4) is 0 Å². The van der Waals surface area contributed by atoms with Gasteiger partial charge in [0.1, 0.15) is 0 Å². The Morgan fingerprint density at radius 1 is 1.50 bits per heavy atom. The number of hydrogen-bond acceptors (Lipinski definition) is 4. The SMILES string of the molecule is CC1(C2CC2)CN(Cc2cn3ccsc3n2)CCCN1. The summed E-state index contributed by atoms with van der Waals surface area (Å²) in [5, 5.41) is 5.88. The van der Waals surface area contributed by atoms with Gasteiger partial charge in [-0.15, -0.1) is 11.3 Å². The van der Waals surface area contributed by atoms with E-state index in [1.54, 1.807) is 11.3 Å². The highest BCUT2D eigenvalue weighted by Crippen LogP contribution is 2.40. The number of aromatic nitrogens is 2. The van der Waals surface area contributed by atoms with Gasteiger partial charge in [-0.05, 0) is 45.2 Å². The van der Waals surface area contributed by atoms with Crippen LogP contribution in [0.2, 0.25) is 0 Å². The maximum atomic E-state index is 4.73. The molecule has 3 heterocycles. The molecule has 1 unspecified atom stereocenters. The first-order valence-corrected chi connectivity index (χ1v) is 8.49. The monoisotopic (exact) mass is 290 g/mol. The minimum Gasteiger partial charge on any atom is -0.310 e. The van der Waals surface area contributed by atoms with Crippen molar-refractivity contribution < 1.29 is 0 Å². The summed E-state index contributed by atoms with van der Waals surface area (Å²) in [5.41, 5.74) is 1.52. The Morgan fingerprint density at radius 3 is 3.20 bits per heavy atom. The summed E-state index contributed by atoms with van der Waals surface area (Å²) >= 11 is 1.71. The zero-order valence-corrected chi connectivity index (χ0v) is 12.8. The van der Waals surface area contributed by atoms with Gasteiger partial charge in [-0.2, -0.15) is 0 Å². The molecule has 5 heteroatoms. The molecule has 1 aliphatic carbocycles. The molecular formula is C15H22N4S. The average Bonchev–Trinajstić information content (AvgIpc) is 3.11. The number of imidazole rings is 1. The summed E-state index contributed by atoms with van der Waals surface area (Å²) in [7, 11) is 0. The van der Waals surface area contributed by atoms with Crippen LogP contribution in [0.15, 0.2) is 17.8 Å². The Morgan fingerprint density at radius 2 is 2.40 bits per heavy atom. The van der Waals surface area contributed by atoms with Crippen LogP contribution in [-0.2, 0) is 6.54 Å². The number of hydrogen-bond donors (Lipinski definition) is 1. The van der Waals surface area contributed by atoms with Crippen molar-refractivity contribution in [3.63, 3.8) is 0 Å². The minimum atomic E-state index is 0.313. The van der Waals surface area contributed by atoms with Gasteiger partial charge < -0.3 is 5.32 Å². The Labute approximate surface area is 123 Å². The fourth-order valence-corrected chi connectivity index (χ4v) is 4.21. The molecule has 4 rings (SSSR count). The summed E-state index contributed by atoms with van der Waals surface area (Å²) in [4.78, 5) is 8.42. The minimum absolute atomic E-state index is 0.313. The van der Waals surface area contributed by atoms with Crippen LogP contribution >= 0.6 is 11.3 Å². The summed E-state index contributed by atoms with van der Waals surface area (Å²) < 4.78 is 2.14. The first kappa shape index (κ1) is 12.8. The van der Waals surface area contributed by atoms with Crippen molar-refractivity contribution in [2.45, 2.75) is 38.3 Å². The Kier molecular flexibility index (Phi) is 3.09. The summed E-state index contributed by atoms with van der Waals surface area (Å²) in [6.45, 7) is 6.89. The molecule has 1 saturated heterocycles. The van der Waals surface area contributed by atoms with Crippen molar-refractivity contribution in [3.8, 4) is 0 Å². The van der Waals surface area contributed by atoms with Crippen LogP contribution in [0.4, 0.5) is 0 Å². The molecule has 2 aliphatic rings. The molecule has 0 aromatic carbocycles. The van der Waals surface area contributed by atoms with E-state index in [1.807, 2.05) is 0 Å². The number of nitrogens with zero attached hydrogens (tertiary/aromatic N) is 3. The van der Waals surface area contributed by atoms with Crippen LogP contribution in [0.1, 0.15) is 31.9 Å². The molecule has 1 aliphatic heterocycles. The Balaban J connectivity index is 1.50. The molecule has 1 N–H and O–H groups in total. The van der Waals surface area contributed by atoms with E-state index in [0.717, 1.165) is 30.5 Å². The Bertz CT molecular complexity index is 571. The average molecular weight is 290 g/mol. The van der Waals surface area contributed by atoms with Crippen molar-refractivity contribution in [1.29, 1.82) is 0 Å². The molecule has 1 atom stereocenters. The molecule has 1 saturated carbocycles. The highest BCUT2D eigenvalue weighted by Gasteiger charge is 2.42. The van der Waals surface area contributed by atoms with Crippen LogP contribution in [-0.4, -0.2) is 39.5 Å². The normalized spacial score (nSPS) is 28.9. The van der Waals surface area contributed by atoms with E-state index < -0.39 is 0 Å². The van der Waals surface area contributed by atoms with Crippen LogP contribution in [0.25, 0.3) is 4.96 Å². The van der Waals surface area contributed by atoms with Crippen molar-refractivity contribution >= 4 is 16.3 Å². The van der Waals surface area contributed by atoms with Gasteiger partial charge in [0.25, 0.3) is 0 Å². The maximum Gasteiger partial charge on any atom is 0.193 e. The first-order chi connectivity index (χ1) is 9.73. The van der Waals surface area contributed by atoms with Crippen molar-refractivity contribution in [1.82, 2.24) is 19.6 Å². The third-order valence-electron chi connectivity index (χ3n) is 4.74. The molecule has 0 radical (unpaired) electrons. The number of fused-ring (bicyclic) bond motifs is 1. The summed E-state index contributed by atoms with van der Waals surface area (Å²) in [5.74, 6) is 0.883. The van der Waals surface area contributed by atoms with Gasteiger partial charge in [0, 0.05) is 36.4 Å². The second-order valence-corrected chi connectivity index (χ2v) is 7.38. The molecule has 0 bridgehead atoms. The first-order valence-electron chi connectivity index (χ1n) is 7.61. The van der Waals surface area contributed by atoms with Gasteiger partial charge in [0.2, 0.25) is 0 Å². The predicted octanol–water partition coefficient (Wildman–Crippen LogP) is 2.36.